The first-order chi connectivity index (χ1) is 8.51. The molecule has 0 saturated heterocycles. The van der Waals surface area contributed by atoms with Gasteiger partial charge in [0.05, 0.1) is 5.38 Å². The van der Waals surface area contributed by atoms with Gasteiger partial charge in [-0.1, -0.05) is 72.2 Å². The van der Waals surface area contributed by atoms with Gasteiger partial charge in [0.1, 0.15) is 0 Å². The van der Waals surface area contributed by atoms with Crippen LogP contribution >= 0.6 is 27.5 Å². The van der Waals surface area contributed by atoms with Gasteiger partial charge in [-0.05, 0) is 23.3 Å². The maximum absolute atomic E-state index is 6.67. The van der Waals surface area contributed by atoms with Crippen LogP contribution < -0.4 is 0 Å². The molecule has 2 aromatic rings. The van der Waals surface area contributed by atoms with Gasteiger partial charge >= 0.3 is 0 Å². The Hall–Kier alpha value is -0.790. The molecule has 0 aliphatic rings. The van der Waals surface area contributed by atoms with Crippen molar-refractivity contribution in [2.75, 3.05) is 0 Å². The second-order valence-corrected chi connectivity index (χ2v) is 6.35. The van der Waals surface area contributed by atoms with Gasteiger partial charge in [-0.2, -0.15) is 0 Å². The van der Waals surface area contributed by atoms with Gasteiger partial charge in [0.25, 0.3) is 0 Å². The molecule has 2 rings (SSSR count). The molecule has 0 aliphatic heterocycles. The molecule has 0 saturated carbocycles. The zero-order valence-electron chi connectivity index (χ0n) is 10.5. The van der Waals surface area contributed by atoms with Crippen molar-refractivity contribution in [1.29, 1.82) is 0 Å². The summed E-state index contributed by atoms with van der Waals surface area (Å²) in [7, 11) is 0. The van der Waals surface area contributed by atoms with E-state index in [1.165, 1.54) is 5.56 Å². The van der Waals surface area contributed by atoms with Gasteiger partial charge in [-0.3, -0.25) is 0 Å². The second-order valence-electron chi connectivity index (χ2n) is 5.00. The molecule has 1 unspecified atom stereocenters. The van der Waals surface area contributed by atoms with Gasteiger partial charge in [-0.25, -0.2) is 0 Å². The van der Waals surface area contributed by atoms with Crippen LogP contribution in [0.3, 0.4) is 0 Å². The summed E-state index contributed by atoms with van der Waals surface area (Å²) >= 11 is 10.1. The number of hydrogen-bond acceptors (Lipinski definition) is 0. The highest BCUT2D eigenvalue weighted by Gasteiger charge is 2.30. The van der Waals surface area contributed by atoms with E-state index in [4.69, 9.17) is 11.6 Å². The van der Waals surface area contributed by atoms with Gasteiger partial charge < -0.3 is 0 Å². The standard InChI is InChI=1S/C16H16BrCl/c1-16(2,13-6-4-3-5-7-13)15(18)12-8-10-14(17)11-9-12/h3-11,15H,1-2H3. The largest absolute Gasteiger partial charge is 0.117 e. The van der Waals surface area contributed by atoms with E-state index in [1.807, 2.05) is 18.2 Å². The molecule has 0 radical (unpaired) electrons. The van der Waals surface area contributed by atoms with Crippen molar-refractivity contribution in [3.8, 4) is 0 Å². The maximum atomic E-state index is 6.67. The molecule has 0 spiro atoms. The lowest BCUT2D eigenvalue weighted by molar-refractivity contribution is 0.504. The maximum Gasteiger partial charge on any atom is 0.0676 e. The zero-order chi connectivity index (χ0) is 13.2. The molecule has 0 N–H and O–H groups in total. The molecule has 0 aromatic heterocycles. The summed E-state index contributed by atoms with van der Waals surface area (Å²) in [6.45, 7) is 4.37. The lowest BCUT2D eigenvalue weighted by Gasteiger charge is -2.31. The average molecular weight is 324 g/mol. The minimum Gasteiger partial charge on any atom is -0.117 e. The predicted molar refractivity (Wildman–Crippen MR) is 82.2 cm³/mol. The molecule has 2 heteroatoms. The number of hydrogen-bond donors (Lipinski definition) is 0. The first kappa shape index (κ1) is 13.6. The minimum absolute atomic E-state index is 0.0481. The molecule has 0 bridgehead atoms. The van der Waals surface area contributed by atoms with Crippen LogP contribution in [0.15, 0.2) is 59.1 Å². The Balaban J connectivity index is 2.32. The number of rotatable bonds is 3. The summed E-state index contributed by atoms with van der Waals surface area (Å²) in [5.41, 5.74) is 2.30. The van der Waals surface area contributed by atoms with Gasteiger partial charge in [0, 0.05) is 9.89 Å². The summed E-state index contributed by atoms with van der Waals surface area (Å²) in [5.74, 6) is 0. The van der Waals surface area contributed by atoms with Gasteiger partial charge in [-0.15, -0.1) is 11.6 Å². The van der Waals surface area contributed by atoms with Crippen LogP contribution in [0.4, 0.5) is 0 Å². The molecule has 1 atom stereocenters. The third kappa shape index (κ3) is 2.78. The fraction of sp³-hybridized carbons (Fsp3) is 0.250. The van der Waals surface area contributed by atoms with Crippen LogP contribution in [0.1, 0.15) is 30.4 Å². The fourth-order valence-corrected chi connectivity index (χ4v) is 2.60. The molecule has 18 heavy (non-hydrogen) atoms. The van der Waals surface area contributed by atoms with E-state index in [0.29, 0.717) is 0 Å². The Morgan fingerprint density at radius 3 is 2.06 bits per heavy atom. The Bertz CT molecular complexity index is 502. The van der Waals surface area contributed by atoms with E-state index in [0.717, 1.165) is 10.0 Å². The summed E-state index contributed by atoms with van der Waals surface area (Å²) in [6.07, 6.45) is 0. The van der Waals surface area contributed by atoms with E-state index in [1.54, 1.807) is 0 Å². The Kier molecular flexibility index (Phi) is 4.14. The highest BCUT2D eigenvalue weighted by atomic mass is 79.9. The van der Waals surface area contributed by atoms with Crippen molar-refractivity contribution in [1.82, 2.24) is 0 Å². The second kappa shape index (κ2) is 5.46. The highest BCUT2D eigenvalue weighted by Crippen LogP contribution is 2.41. The Morgan fingerprint density at radius 2 is 1.50 bits per heavy atom. The van der Waals surface area contributed by atoms with Crippen molar-refractivity contribution in [3.05, 3.63) is 70.2 Å². The topological polar surface area (TPSA) is 0 Å². The molecule has 0 heterocycles. The summed E-state index contributed by atoms with van der Waals surface area (Å²) in [6, 6.07) is 18.6. The average Bonchev–Trinajstić information content (AvgIpc) is 2.40. The molecule has 0 fully saturated rings. The lowest BCUT2D eigenvalue weighted by atomic mass is 9.79. The Labute approximate surface area is 122 Å². The number of halogens is 2. The van der Waals surface area contributed by atoms with Crippen LogP contribution in [0.2, 0.25) is 0 Å². The smallest absolute Gasteiger partial charge is 0.0676 e. The summed E-state index contributed by atoms with van der Waals surface area (Å²) in [5, 5.41) is -0.0481. The van der Waals surface area contributed by atoms with Crippen LogP contribution in [-0.2, 0) is 5.41 Å². The van der Waals surface area contributed by atoms with Gasteiger partial charge in [0.15, 0.2) is 0 Å². The van der Waals surface area contributed by atoms with Crippen LogP contribution in [-0.4, -0.2) is 0 Å². The monoisotopic (exact) mass is 322 g/mol. The van der Waals surface area contributed by atoms with Crippen molar-refractivity contribution in [2.45, 2.75) is 24.6 Å². The molecule has 0 nitrogen and oxygen atoms in total. The zero-order valence-corrected chi connectivity index (χ0v) is 12.9. The SMILES string of the molecule is CC(C)(c1ccccc1)C(Cl)c1ccc(Br)cc1. The molecule has 0 aliphatic carbocycles. The molecular weight excluding hydrogens is 308 g/mol. The highest BCUT2D eigenvalue weighted by molar-refractivity contribution is 9.10. The van der Waals surface area contributed by atoms with Crippen molar-refractivity contribution in [2.24, 2.45) is 0 Å². The van der Waals surface area contributed by atoms with E-state index in [-0.39, 0.29) is 10.8 Å². The van der Waals surface area contributed by atoms with Crippen LogP contribution in [0.25, 0.3) is 0 Å². The first-order valence-corrected chi connectivity index (χ1v) is 7.20. The fourth-order valence-electron chi connectivity index (χ4n) is 2.06. The third-order valence-corrected chi connectivity index (χ3v) is 4.64. The Morgan fingerprint density at radius 1 is 0.944 bits per heavy atom. The normalized spacial score (nSPS) is 13.3. The van der Waals surface area contributed by atoms with Crippen molar-refractivity contribution >= 4 is 27.5 Å². The van der Waals surface area contributed by atoms with Crippen LogP contribution in [0.5, 0.6) is 0 Å². The van der Waals surface area contributed by atoms with Crippen molar-refractivity contribution < 1.29 is 0 Å². The predicted octanol–water partition coefficient (Wildman–Crippen LogP) is 5.71. The van der Waals surface area contributed by atoms with E-state index in [9.17, 15) is 0 Å². The molecular formula is C16H16BrCl. The minimum atomic E-state index is -0.101. The lowest BCUT2D eigenvalue weighted by Crippen LogP contribution is -2.23. The van der Waals surface area contributed by atoms with Crippen molar-refractivity contribution in [3.63, 3.8) is 0 Å². The molecule has 94 valence electrons. The number of alkyl halides is 1. The third-order valence-electron chi connectivity index (χ3n) is 3.31. The summed E-state index contributed by atoms with van der Waals surface area (Å²) < 4.78 is 1.08. The summed E-state index contributed by atoms with van der Waals surface area (Å²) in [4.78, 5) is 0. The number of benzene rings is 2. The van der Waals surface area contributed by atoms with E-state index < -0.39 is 0 Å². The molecule has 0 amide bonds. The molecule has 2 aromatic carbocycles. The quantitative estimate of drug-likeness (QED) is 0.635. The van der Waals surface area contributed by atoms with E-state index in [2.05, 4.69) is 66.2 Å². The van der Waals surface area contributed by atoms with Gasteiger partial charge in [0.2, 0.25) is 0 Å². The van der Waals surface area contributed by atoms with Crippen LogP contribution in [0, 0.1) is 0 Å². The first-order valence-electron chi connectivity index (χ1n) is 5.97. The van der Waals surface area contributed by atoms with E-state index >= 15 is 0 Å².